The fourth-order valence-corrected chi connectivity index (χ4v) is 3.07. The first-order valence-electron chi connectivity index (χ1n) is 8.27. The Labute approximate surface area is 149 Å². The molecule has 0 bridgehead atoms. The van der Waals surface area contributed by atoms with Crippen molar-refractivity contribution in [1.82, 2.24) is 30.4 Å². The Morgan fingerprint density at radius 3 is 2.46 bits per heavy atom. The van der Waals surface area contributed by atoms with Crippen LogP contribution < -0.4 is 5.32 Å². The van der Waals surface area contributed by atoms with E-state index >= 15 is 0 Å². The van der Waals surface area contributed by atoms with E-state index < -0.39 is 0 Å². The molecule has 4 heterocycles. The molecule has 0 aromatic carbocycles. The predicted octanol–water partition coefficient (Wildman–Crippen LogP) is 3.16. The third kappa shape index (κ3) is 2.55. The van der Waals surface area contributed by atoms with Crippen molar-refractivity contribution in [2.24, 2.45) is 0 Å². The predicted molar refractivity (Wildman–Crippen MR) is 99.2 cm³/mol. The van der Waals surface area contributed by atoms with Crippen molar-refractivity contribution in [3.05, 3.63) is 46.7 Å². The summed E-state index contributed by atoms with van der Waals surface area (Å²) in [6.07, 6.45) is 1.63. The number of fused-ring (bicyclic) bond motifs is 1. The number of hydrogen-bond donors (Lipinski definition) is 4. The average molecular weight is 349 g/mol. The summed E-state index contributed by atoms with van der Waals surface area (Å²) >= 11 is 0. The monoisotopic (exact) mass is 349 g/mol. The van der Waals surface area contributed by atoms with Gasteiger partial charge in [-0.05, 0) is 39.8 Å². The van der Waals surface area contributed by atoms with Crippen molar-refractivity contribution in [3.8, 4) is 11.3 Å². The minimum atomic E-state index is -0.235. The SMILES string of the molecule is Cc1n[nH]c(C(=O)Nc2cnc3[nH]c(-c4c(C)n[nH]c4C)cc3c2)c1C. The Balaban J connectivity index is 1.66. The van der Waals surface area contributed by atoms with Crippen molar-refractivity contribution in [3.63, 3.8) is 0 Å². The van der Waals surface area contributed by atoms with E-state index in [-0.39, 0.29) is 5.91 Å². The van der Waals surface area contributed by atoms with Gasteiger partial charge in [0.05, 0.1) is 29.0 Å². The molecule has 0 saturated heterocycles. The minimum absolute atomic E-state index is 0.235. The van der Waals surface area contributed by atoms with Gasteiger partial charge in [-0.3, -0.25) is 15.0 Å². The highest BCUT2D eigenvalue weighted by atomic mass is 16.1. The molecule has 4 N–H and O–H groups in total. The maximum atomic E-state index is 12.4. The zero-order chi connectivity index (χ0) is 18.4. The number of aromatic amines is 3. The van der Waals surface area contributed by atoms with E-state index in [0.29, 0.717) is 11.4 Å². The fourth-order valence-electron chi connectivity index (χ4n) is 3.07. The van der Waals surface area contributed by atoms with Crippen LogP contribution in [0.4, 0.5) is 5.69 Å². The molecule has 0 unspecified atom stereocenters. The van der Waals surface area contributed by atoms with Gasteiger partial charge in [-0.2, -0.15) is 10.2 Å². The summed E-state index contributed by atoms with van der Waals surface area (Å²) in [6.45, 7) is 7.66. The largest absolute Gasteiger partial charge is 0.339 e. The first kappa shape index (κ1) is 16.1. The molecule has 8 heteroatoms. The van der Waals surface area contributed by atoms with Gasteiger partial charge in [-0.25, -0.2) is 4.98 Å². The maximum Gasteiger partial charge on any atom is 0.273 e. The van der Waals surface area contributed by atoms with Crippen molar-refractivity contribution >= 4 is 22.6 Å². The lowest BCUT2D eigenvalue weighted by Gasteiger charge is -2.04. The van der Waals surface area contributed by atoms with Gasteiger partial charge in [-0.1, -0.05) is 0 Å². The number of pyridine rings is 1. The Bertz CT molecular complexity index is 1110. The number of amides is 1. The van der Waals surface area contributed by atoms with Gasteiger partial charge in [0.1, 0.15) is 11.3 Å². The van der Waals surface area contributed by atoms with Crippen LogP contribution >= 0.6 is 0 Å². The minimum Gasteiger partial charge on any atom is -0.339 e. The zero-order valence-electron chi connectivity index (χ0n) is 15.0. The van der Waals surface area contributed by atoms with E-state index in [1.807, 2.05) is 39.8 Å². The normalized spacial score (nSPS) is 11.2. The Hall–Kier alpha value is -3.42. The van der Waals surface area contributed by atoms with Crippen molar-refractivity contribution < 1.29 is 4.79 Å². The quantitative estimate of drug-likeness (QED) is 0.455. The number of anilines is 1. The first-order valence-corrected chi connectivity index (χ1v) is 8.27. The number of H-pyrrole nitrogens is 3. The highest BCUT2D eigenvalue weighted by Gasteiger charge is 2.15. The van der Waals surface area contributed by atoms with E-state index in [1.54, 1.807) is 6.20 Å². The number of aromatic nitrogens is 6. The standard InChI is InChI=1S/C18H19N7O/c1-8-9(2)22-25-16(8)18(26)20-13-5-12-6-14(21-17(12)19-7-13)15-10(3)23-24-11(15)4/h5-7H,1-4H3,(H,19,21)(H,20,26)(H,22,25)(H,23,24). The molecule has 0 aliphatic rings. The zero-order valence-corrected chi connectivity index (χ0v) is 15.0. The second-order valence-corrected chi connectivity index (χ2v) is 6.42. The van der Waals surface area contributed by atoms with Gasteiger partial charge >= 0.3 is 0 Å². The highest BCUT2D eigenvalue weighted by molar-refractivity contribution is 6.04. The molecular formula is C18H19N7O. The molecule has 0 aliphatic heterocycles. The summed E-state index contributed by atoms with van der Waals surface area (Å²) in [7, 11) is 0. The van der Waals surface area contributed by atoms with Gasteiger partial charge in [0.15, 0.2) is 0 Å². The van der Waals surface area contributed by atoms with Crippen molar-refractivity contribution in [2.75, 3.05) is 5.32 Å². The molecule has 1 amide bonds. The number of carbonyl (C=O) groups is 1. The lowest BCUT2D eigenvalue weighted by atomic mass is 10.1. The number of hydrogen-bond acceptors (Lipinski definition) is 4. The average Bonchev–Trinajstić information content (AvgIpc) is 3.26. The van der Waals surface area contributed by atoms with Crippen LogP contribution in [0.3, 0.4) is 0 Å². The van der Waals surface area contributed by atoms with E-state index in [2.05, 4.69) is 35.7 Å². The third-order valence-electron chi connectivity index (χ3n) is 4.61. The molecule has 26 heavy (non-hydrogen) atoms. The van der Waals surface area contributed by atoms with Gasteiger partial charge in [0.25, 0.3) is 5.91 Å². The van der Waals surface area contributed by atoms with Crippen LogP contribution in [0.25, 0.3) is 22.3 Å². The van der Waals surface area contributed by atoms with E-state index in [4.69, 9.17) is 0 Å². The van der Waals surface area contributed by atoms with E-state index in [0.717, 1.165) is 44.9 Å². The van der Waals surface area contributed by atoms with Crippen LogP contribution in [-0.4, -0.2) is 36.3 Å². The molecular weight excluding hydrogens is 330 g/mol. The van der Waals surface area contributed by atoms with Crippen molar-refractivity contribution in [1.29, 1.82) is 0 Å². The summed E-state index contributed by atoms with van der Waals surface area (Å²) < 4.78 is 0. The van der Waals surface area contributed by atoms with Gasteiger partial charge < -0.3 is 10.3 Å². The number of rotatable bonds is 3. The topological polar surface area (TPSA) is 115 Å². The summed E-state index contributed by atoms with van der Waals surface area (Å²) in [4.78, 5) is 20.2. The van der Waals surface area contributed by atoms with Gasteiger partial charge in [0.2, 0.25) is 0 Å². The van der Waals surface area contributed by atoms with E-state index in [9.17, 15) is 4.79 Å². The first-order chi connectivity index (χ1) is 12.4. The number of carbonyl (C=O) groups excluding carboxylic acids is 1. The molecule has 0 radical (unpaired) electrons. The Morgan fingerprint density at radius 1 is 1.04 bits per heavy atom. The molecule has 4 rings (SSSR count). The lowest BCUT2D eigenvalue weighted by molar-refractivity contribution is 0.102. The summed E-state index contributed by atoms with van der Waals surface area (Å²) in [5, 5.41) is 17.8. The Kier molecular flexibility index (Phi) is 3.61. The number of aryl methyl sites for hydroxylation is 3. The number of nitrogens with one attached hydrogen (secondary N) is 4. The van der Waals surface area contributed by atoms with Gasteiger partial charge in [-0.15, -0.1) is 0 Å². The van der Waals surface area contributed by atoms with E-state index in [1.165, 1.54) is 0 Å². The second-order valence-electron chi connectivity index (χ2n) is 6.42. The van der Waals surface area contributed by atoms with Crippen LogP contribution in [0.5, 0.6) is 0 Å². The fraction of sp³-hybridized carbons (Fsp3) is 0.222. The highest BCUT2D eigenvalue weighted by Crippen LogP contribution is 2.28. The maximum absolute atomic E-state index is 12.4. The van der Waals surface area contributed by atoms with Crippen LogP contribution in [0, 0.1) is 27.7 Å². The smallest absolute Gasteiger partial charge is 0.273 e. The molecule has 0 aliphatic carbocycles. The Morgan fingerprint density at radius 2 is 1.81 bits per heavy atom. The molecule has 0 atom stereocenters. The molecule has 0 fully saturated rings. The summed E-state index contributed by atoms with van der Waals surface area (Å²) in [6, 6.07) is 3.90. The molecule has 8 nitrogen and oxygen atoms in total. The second kappa shape index (κ2) is 5.83. The summed E-state index contributed by atoms with van der Waals surface area (Å²) in [5.74, 6) is -0.235. The van der Waals surface area contributed by atoms with Crippen LogP contribution in [0.15, 0.2) is 18.3 Å². The molecule has 0 spiro atoms. The van der Waals surface area contributed by atoms with Crippen LogP contribution in [0.1, 0.15) is 33.1 Å². The molecule has 0 saturated carbocycles. The molecule has 4 aromatic heterocycles. The van der Waals surface area contributed by atoms with Crippen LogP contribution in [0.2, 0.25) is 0 Å². The third-order valence-corrected chi connectivity index (χ3v) is 4.61. The van der Waals surface area contributed by atoms with Gasteiger partial charge in [0, 0.05) is 22.2 Å². The lowest BCUT2D eigenvalue weighted by Crippen LogP contribution is -2.13. The van der Waals surface area contributed by atoms with Crippen LogP contribution in [-0.2, 0) is 0 Å². The molecule has 4 aromatic rings. The summed E-state index contributed by atoms with van der Waals surface area (Å²) in [5.41, 5.74) is 7.39. The van der Waals surface area contributed by atoms with Crippen molar-refractivity contribution in [2.45, 2.75) is 27.7 Å². The molecule has 132 valence electrons. The number of nitrogens with zero attached hydrogens (tertiary/aromatic N) is 3.